The first-order valence-corrected chi connectivity index (χ1v) is 7.34. The van der Waals surface area contributed by atoms with E-state index in [1.54, 1.807) is 0 Å². The van der Waals surface area contributed by atoms with Crippen molar-refractivity contribution in [3.8, 4) is 0 Å². The minimum Gasteiger partial charge on any atom is -0.391 e. The third kappa shape index (κ3) is 2.45. The van der Waals surface area contributed by atoms with Gasteiger partial charge in [0.1, 0.15) is 0 Å². The Morgan fingerprint density at radius 1 is 1.22 bits per heavy atom. The summed E-state index contributed by atoms with van der Waals surface area (Å²) in [5, 5.41) is 13.8. The molecule has 18 heavy (non-hydrogen) atoms. The summed E-state index contributed by atoms with van der Waals surface area (Å²) in [5.41, 5.74) is 2.99. The highest BCUT2D eigenvalue weighted by molar-refractivity contribution is 5.32. The molecule has 1 aromatic rings. The van der Waals surface area contributed by atoms with E-state index in [1.165, 1.54) is 36.8 Å². The number of hydrogen-bond acceptors (Lipinski definition) is 2. The summed E-state index contributed by atoms with van der Waals surface area (Å²) in [6.07, 6.45) is 6.81. The van der Waals surface area contributed by atoms with Gasteiger partial charge in [0.2, 0.25) is 0 Å². The second kappa shape index (κ2) is 5.41. The highest BCUT2D eigenvalue weighted by atomic mass is 16.3. The largest absolute Gasteiger partial charge is 0.391 e. The van der Waals surface area contributed by atoms with Crippen molar-refractivity contribution in [2.75, 3.05) is 6.54 Å². The molecule has 2 aliphatic rings. The molecule has 1 aliphatic heterocycles. The van der Waals surface area contributed by atoms with E-state index < -0.39 is 0 Å². The Labute approximate surface area is 109 Å². The lowest BCUT2D eigenvalue weighted by Gasteiger charge is -2.29. The first-order chi connectivity index (χ1) is 8.84. The number of nitrogens with one attached hydrogen (secondary N) is 1. The molecule has 1 saturated heterocycles. The summed E-state index contributed by atoms with van der Waals surface area (Å²) in [6.45, 7) is 1.07. The fourth-order valence-electron chi connectivity index (χ4n) is 3.60. The second-order valence-electron chi connectivity index (χ2n) is 5.79. The van der Waals surface area contributed by atoms with Gasteiger partial charge >= 0.3 is 0 Å². The topological polar surface area (TPSA) is 32.3 Å². The monoisotopic (exact) mass is 245 g/mol. The van der Waals surface area contributed by atoms with Crippen LogP contribution in [0.15, 0.2) is 24.3 Å². The maximum atomic E-state index is 10.4. The van der Waals surface area contributed by atoms with Crippen LogP contribution in [0.1, 0.15) is 49.1 Å². The predicted octanol–water partition coefficient (Wildman–Crippen LogP) is 2.61. The molecular formula is C16H23NO. The van der Waals surface area contributed by atoms with Gasteiger partial charge in [0.25, 0.3) is 0 Å². The van der Waals surface area contributed by atoms with Crippen LogP contribution in [0.3, 0.4) is 0 Å². The fraction of sp³-hybridized carbons (Fsp3) is 0.625. The maximum absolute atomic E-state index is 10.4. The molecule has 0 bridgehead atoms. The summed E-state index contributed by atoms with van der Waals surface area (Å²) in [7, 11) is 0. The van der Waals surface area contributed by atoms with Crippen molar-refractivity contribution >= 4 is 0 Å². The van der Waals surface area contributed by atoms with E-state index in [9.17, 15) is 5.11 Å². The molecule has 1 heterocycles. The van der Waals surface area contributed by atoms with Gasteiger partial charge < -0.3 is 10.4 Å². The highest BCUT2D eigenvalue weighted by Crippen LogP contribution is 2.35. The number of aliphatic hydroxyl groups excluding tert-OH is 1. The van der Waals surface area contributed by atoms with Crippen molar-refractivity contribution in [3.05, 3.63) is 35.4 Å². The fourth-order valence-corrected chi connectivity index (χ4v) is 3.60. The first kappa shape index (κ1) is 12.2. The van der Waals surface area contributed by atoms with Gasteiger partial charge in [-0.05, 0) is 62.1 Å². The Morgan fingerprint density at radius 3 is 2.94 bits per heavy atom. The van der Waals surface area contributed by atoms with Crippen molar-refractivity contribution in [2.24, 2.45) is 0 Å². The van der Waals surface area contributed by atoms with Gasteiger partial charge in [0.05, 0.1) is 6.10 Å². The van der Waals surface area contributed by atoms with Crippen LogP contribution in [0.4, 0.5) is 0 Å². The van der Waals surface area contributed by atoms with Crippen molar-refractivity contribution < 1.29 is 5.11 Å². The lowest BCUT2D eigenvalue weighted by molar-refractivity contribution is 0.116. The van der Waals surface area contributed by atoms with E-state index in [1.807, 2.05) is 0 Å². The number of benzene rings is 1. The average Bonchev–Trinajstić information content (AvgIpc) is 2.93. The molecule has 0 spiro atoms. The van der Waals surface area contributed by atoms with Crippen LogP contribution in [0.5, 0.6) is 0 Å². The van der Waals surface area contributed by atoms with Crippen LogP contribution < -0.4 is 5.32 Å². The Balaban J connectivity index is 1.70. The SMILES string of the molecule is OC(CC1CCCc2ccccc21)C1CCCN1. The quantitative estimate of drug-likeness (QED) is 0.858. The standard InChI is InChI=1S/C16H23NO/c18-16(15-9-4-10-17-15)11-13-7-3-6-12-5-1-2-8-14(12)13/h1-2,5,8,13,15-18H,3-4,6-7,9-11H2. The Kier molecular flexibility index (Phi) is 3.67. The van der Waals surface area contributed by atoms with E-state index in [-0.39, 0.29) is 6.10 Å². The van der Waals surface area contributed by atoms with E-state index in [0.717, 1.165) is 19.4 Å². The number of aliphatic hydroxyl groups is 1. The average molecular weight is 245 g/mol. The van der Waals surface area contributed by atoms with Crippen molar-refractivity contribution in [3.63, 3.8) is 0 Å². The first-order valence-electron chi connectivity index (χ1n) is 7.34. The van der Waals surface area contributed by atoms with Crippen molar-refractivity contribution in [1.29, 1.82) is 0 Å². The zero-order valence-corrected chi connectivity index (χ0v) is 10.9. The Bertz CT molecular complexity index is 398. The van der Waals surface area contributed by atoms with E-state index in [0.29, 0.717) is 12.0 Å². The summed E-state index contributed by atoms with van der Waals surface area (Å²) >= 11 is 0. The Hall–Kier alpha value is -0.860. The minimum atomic E-state index is -0.177. The van der Waals surface area contributed by atoms with Crippen LogP contribution in [-0.4, -0.2) is 23.8 Å². The molecule has 0 aromatic heterocycles. The van der Waals surface area contributed by atoms with E-state index >= 15 is 0 Å². The van der Waals surface area contributed by atoms with Gasteiger partial charge in [-0.1, -0.05) is 24.3 Å². The number of fused-ring (bicyclic) bond motifs is 1. The Morgan fingerprint density at radius 2 is 2.11 bits per heavy atom. The molecule has 2 N–H and O–H groups in total. The molecule has 3 atom stereocenters. The second-order valence-corrected chi connectivity index (χ2v) is 5.79. The molecule has 1 fully saturated rings. The van der Waals surface area contributed by atoms with E-state index in [2.05, 4.69) is 29.6 Å². The van der Waals surface area contributed by atoms with E-state index in [4.69, 9.17) is 0 Å². The van der Waals surface area contributed by atoms with Crippen molar-refractivity contribution in [1.82, 2.24) is 5.32 Å². The molecule has 1 aliphatic carbocycles. The number of rotatable bonds is 3. The zero-order chi connectivity index (χ0) is 12.4. The van der Waals surface area contributed by atoms with Crippen molar-refractivity contribution in [2.45, 2.75) is 56.6 Å². The van der Waals surface area contributed by atoms with Crippen LogP contribution in [-0.2, 0) is 6.42 Å². The molecule has 3 unspecified atom stereocenters. The molecule has 3 rings (SSSR count). The third-order valence-electron chi connectivity index (χ3n) is 4.58. The van der Waals surface area contributed by atoms with Crippen LogP contribution in [0.2, 0.25) is 0 Å². The zero-order valence-electron chi connectivity index (χ0n) is 10.9. The van der Waals surface area contributed by atoms with Crippen LogP contribution >= 0.6 is 0 Å². The summed E-state index contributed by atoms with van der Waals surface area (Å²) in [6, 6.07) is 9.11. The van der Waals surface area contributed by atoms with Gasteiger partial charge in [-0.15, -0.1) is 0 Å². The van der Waals surface area contributed by atoms with Crippen LogP contribution in [0.25, 0.3) is 0 Å². The molecule has 98 valence electrons. The summed E-state index contributed by atoms with van der Waals surface area (Å²) < 4.78 is 0. The lowest BCUT2D eigenvalue weighted by Crippen LogP contribution is -2.36. The molecule has 2 nitrogen and oxygen atoms in total. The third-order valence-corrected chi connectivity index (χ3v) is 4.58. The van der Waals surface area contributed by atoms with Crippen LogP contribution in [0, 0.1) is 0 Å². The van der Waals surface area contributed by atoms with Gasteiger partial charge in [0.15, 0.2) is 0 Å². The number of aryl methyl sites for hydroxylation is 1. The van der Waals surface area contributed by atoms with Gasteiger partial charge in [0, 0.05) is 6.04 Å². The molecule has 1 aromatic carbocycles. The lowest BCUT2D eigenvalue weighted by atomic mass is 9.79. The molecule has 0 amide bonds. The molecular weight excluding hydrogens is 222 g/mol. The smallest absolute Gasteiger partial charge is 0.0699 e. The number of hydrogen-bond donors (Lipinski definition) is 2. The molecule has 2 heteroatoms. The van der Waals surface area contributed by atoms with Gasteiger partial charge in [-0.3, -0.25) is 0 Å². The predicted molar refractivity (Wildman–Crippen MR) is 73.8 cm³/mol. The van der Waals surface area contributed by atoms with Gasteiger partial charge in [-0.25, -0.2) is 0 Å². The van der Waals surface area contributed by atoms with Gasteiger partial charge in [-0.2, -0.15) is 0 Å². The minimum absolute atomic E-state index is 0.177. The maximum Gasteiger partial charge on any atom is 0.0699 e. The summed E-state index contributed by atoms with van der Waals surface area (Å²) in [4.78, 5) is 0. The normalized spacial score (nSPS) is 28.9. The highest BCUT2D eigenvalue weighted by Gasteiger charge is 2.28. The summed E-state index contributed by atoms with van der Waals surface area (Å²) in [5.74, 6) is 0.562. The molecule has 0 saturated carbocycles. The molecule has 0 radical (unpaired) electrons.